The third kappa shape index (κ3) is 7.18. The lowest BCUT2D eigenvalue weighted by Crippen LogP contribution is -2.61. The Balaban J connectivity index is 1.35. The number of rotatable bonds is 6. The molecule has 13 heteroatoms. The second-order valence-electron chi connectivity index (χ2n) is 15.1. The highest BCUT2D eigenvalue weighted by atomic mass is 32.1. The second-order valence-corrected chi connectivity index (χ2v) is 16.0. The Labute approximate surface area is 308 Å². The fraction of sp³-hybridized carbons (Fsp3) is 0.513. The smallest absolute Gasteiger partial charge is 0.324 e. The fourth-order valence-corrected chi connectivity index (χ4v) is 8.29. The monoisotopic (exact) mass is 727 g/mol. The molecule has 1 saturated carbocycles. The Morgan fingerprint density at radius 2 is 2.04 bits per heavy atom. The SMILES string of the molecule is CCn1c(-c2cccnc2[C@H](C)OC)c2c3cc(ccc31)-c1csc(n1)C[C@H](NC(=O)N(C)C1CC1)C(=O)N1CCC[C@H](N1)C(=O)OCC(C)(C)C2. The van der Waals surface area contributed by atoms with E-state index < -0.39 is 23.5 Å². The summed E-state index contributed by atoms with van der Waals surface area (Å²) in [5.41, 5.74) is 9.64. The maximum Gasteiger partial charge on any atom is 0.324 e. The van der Waals surface area contributed by atoms with Crippen LogP contribution in [0.5, 0.6) is 0 Å². The summed E-state index contributed by atoms with van der Waals surface area (Å²) < 4.78 is 14.2. The van der Waals surface area contributed by atoms with Crippen LogP contribution in [0.4, 0.5) is 4.79 Å². The van der Waals surface area contributed by atoms with Crippen molar-refractivity contribution in [3.8, 4) is 22.5 Å². The Morgan fingerprint density at radius 1 is 1.23 bits per heavy atom. The first-order valence-corrected chi connectivity index (χ1v) is 19.2. The minimum absolute atomic E-state index is 0.186. The quantitative estimate of drug-likeness (QED) is 0.235. The molecule has 3 amide bonds. The first kappa shape index (κ1) is 36.0. The molecule has 7 rings (SSSR count). The molecule has 1 saturated heterocycles. The number of hydrazine groups is 1. The van der Waals surface area contributed by atoms with Gasteiger partial charge in [-0.05, 0) is 75.8 Å². The van der Waals surface area contributed by atoms with Gasteiger partial charge in [0.2, 0.25) is 0 Å². The molecule has 276 valence electrons. The van der Waals surface area contributed by atoms with Crippen molar-refractivity contribution in [3.05, 3.63) is 58.2 Å². The van der Waals surface area contributed by atoms with Gasteiger partial charge in [-0.1, -0.05) is 19.9 Å². The number of carbonyl (C=O) groups is 3. The molecule has 2 aliphatic heterocycles. The number of fused-ring (bicyclic) bond motifs is 6. The molecular weight excluding hydrogens is 679 g/mol. The lowest BCUT2D eigenvalue weighted by Gasteiger charge is -2.35. The number of aryl methyl sites for hydroxylation is 1. The van der Waals surface area contributed by atoms with Crippen LogP contribution in [0.25, 0.3) is 33.4 Å². The summed E-state index contributed by atoms with van der Waals surface area (Å²) in [6.07, 6.45) is 5.51. The van der Waals surface area contributed by atoms with Gasteiger partial charge in [-0.3, -0.25) is 19.6 Å². The molecular formula is C39H49N7O5S. The maximum atomic E-state index is 14.1. The molecule has 2 N–H and O–H groups in total. The van der Waals surface area contributed by atoms with Gasteiger partial charge in [0, 0.05) is 78.7 Å². The van der Waals surface area contributed by atoms with Crippen molar-refractivity contribution in [1.29, 1.82) is 0 Å². The summed E-state index contributed by atoms with van der Waals surface area (Å²) in [7, 11) is 3.46. The van der Waals surface area contributed by atoms with E-state index in [1.165, 1.54) is 16.3 Å². The van der Waals surface area contributed by atoms with E-state index in [0.29, 0.717) is 25.8 Å². The topological polar surface area (TPSA) is 131 Å². The standard InChI is InChI=1S/C39H49N7O5S/c1-7-45-32-15-12-24-18-27(32)28(35(45)26-10-8-16-40-34(26)23(2)50-6)20-39(3,4)22-51-37(48)29-11-9-17-46(43-29)36(47)30(19-33-41-31(24)21-52-33)42-38(49)44(5)25-13-14-25/h8,10,12,15-16,18,21,23,25,29-30,43H,7,9,11,13-14,17,19-20,22H2,1-6H3,(H,42,49)/t23-,29-,30-/m0/s1. The van der Waals surface area contributed by atoms with Gasteiger partial charge in [-0.25, -0.2) is 15.2 Å². The van der Waals surface area contributed by atoms with Crippen LogP contribution in [0.2, 0.25) is 0 Å². The van der Waals surface area contributed by atoms with Gasteiger partial charge in [0.15, 0.2) is 0 Å². The van der Waals surface area contributed by atoms with Crippen molar-refractivity contribution in [2.75, 3.05) is 27.3 Å². The zero-order valence-electron chi connectivity index (χ0n) is 30.9. The fourth-order valence-electron chi connectivity index (χ4n) is 7.44. The first-order valence-electron chi connectivity index (χ1n) is 18.3. The average molecular weight is 728 g/mol. The number of pyridine rings is 1. The third-order valence-corrected chi connectivity index (χ3v) is 11.4. The Bertz CT molecular complexity index is 1980. The highest BCUT2D eigenvalue weighted by molar-refractivity contribution is 7.10. The number of methoxy groups -OCH3 is 1. The second kappa shape index (κ2) is 14.6. The zero-order chi connectivity index (χ0) is 36.7. The van der Waals surface area contributed by atoms with Gasteiger partial charge in [0.25, 0.3) is 5.91 Å². The number of benzene rings is 1. The van der Waals surface area contributed by atoms with Crippen LogP contribution < -0.4 is 10.7 Å². The van der Waals surface area contributed by atoms with Crippen LogP contribution in [-0.2, 0) is 38.4 Å². The van der Waals surface area contributed by atoms with E-state index in [1.54, 1.807) is 25.3 Å². The summed E-state index contributed by atoms with van der Waals surface area (Å²) in [6.45, 7) is 9.73. The van der Waals surface area contributed by atoms with Gasteiger partial charge in [-0.15, -0.1) is 11.3 Å². The van der Waals surface area contributed by atoms with Gasteiger partial charge in [0.1, 0.15) is 12.1 Å². The summed E-state index contributed by atoms with van der Waals surface area (Å²) in [5.74, 6) is -0.697. The van der Waals surface area contributed by atoms with Crippen molar-refractivity contribution in [2.24, 2.45) is 5.41 Å². The number of esters is 1. The highest BCUT2D eigenvalue weighted by Gasteiger charge is 2.37. The summed E-state index contributed by atoms with van der Waals surface area (Å²) in [4.78, 5) is 52.4. The number of cyclic esters (lactones) is 1. The van der Waals surface area contributed by atoms with Crippen molar-refractivity contribution < 1.29 is 23.9 Å². The van der Waals surface area contributed by atoms with E-state index in [4.69, 9.17) is 19.4 Å². The van der Waals surface area contributed by atoms with Crippen molar-refractivity contribution >= 4 is 40.1 Å². The number of aromatic nitrogens is 3. The molecule has 3 aromatic heterocycles. The molecule has 0 radical (unpaired) electrons. The van der Waals surface area contributed by atoms with Crippen LogP contribution in [0.3, 0.4) is 0 Å². The molecule has 12 nitrogen and oxygen atoms in total. The lowest BCUT2D eigenvalue weighted by atomic mass is 9.84. The number of hydrogen-bond donors (Lipinski definition) is 2. The zero-order valence-corrected chi connectivity index (χ0v) is 31.7. The van der Waals surface area contributed by atoms with Crippen LogP contribution in [0.1, 0.15) is 75.7 Å². The van der Waals surface area contributed by atoms with Crippen molar-refractivity contribution in [3.63, 3.8) is 0 Å². The minimum atomic E-state index is -0.869. The number of amides is 3. The molecule has 4 aromatic rings. The van der Waals surface area contributed by atoms with Crippen LogP contribution >= 0.6 is 11.3 Å². The predicted octanol–water partition coefficient (Wildman–Crippen LogP) is 5.89. The average Bonchev–Trinajstić information content (AvgIpc) is 3.83. The number of nitrogens with zero attached hydrogens (tertiary/aromatic N) is 5. The molecule has 3 aliphatic rings. The van der Waals surface area contributed by atoms with E-state index in [2.05, 4.69) is 60.3 Å². The summed E-state index contributed by atoms with van der Waals surface area (Å²) in [5, 5.41) is 8.32. The lowest BCUT2D eigenvalue weighted by molar-refractivity contribution is -0.155. The Morgan fingerprint density at radius 3 is 2.79 bits per heavy atom. The molecule has 52 heavy (non-hydrogen) atoms. The number of ether oxygens (including phenoxy) is 2. The van der Waals surface area contributed by atoms with E-state index in [9.17, 15) is 14.4 Å². The van der Waals surface area contributed by atoms with Crippen LogP contribution in [0.15, 0.2) is 41.9 Å². The Hall–Kier alpha value is -4.33. The molecule has 2 fully saturated rings. The van der Waals surface area contributed by atoms with Crippen molar-refractivity contribution in [1.82, 2.24) is 35.2 Å². The highest BCUT2D eigenvalue weighted by Crippen LogP contribution is 2.42. The molecule has 5 heterocycles. The molecule has 3 atom stereocenters. The third-order valence-electron chi connectivity index (χ3n) is 10.6. The van der Waals surface area contributed by atoms with E-state index >= 15 is 0 Å². The molecule has 6 bridgehead atoms. The molecule has 0 spiro atoms. The normalized spacial score (nSPS) is 21.4. The molecule has 1 aromatic carbocycles. The van der Waals surface area contributed by atoms with Gasteiger partial charge in [-0.2, -0.15) is 0 Å². The van der Waals surface area contributed by atoms with Gasteiger partial charge < -0.3 is 24.3 Å². The predicted molar refractivity (Wildman–Crippen MR) is 200 cm³/mol. The summed E-state index contributed by atoms with van der Waals surface area (Å²) in [6, 6.07) is 8.88. The maximum absolute atomic E-state index is 14.1. The number of urea groups is 1. The van der Waals surface area contributed by atoms with E-state index in [1.807, 2.05) is 18.4 Å². The van der Waals surface area contributed by atoms with Gasteiger partial charge in [0.05, 0.1) is 34.8 Å². The number of carbonyl (C=O) groups excluding carboxylic acids is 3. The van der Waals surface area contributed by atoms with Gasteiger partial charge >= 0.3 is 12.0 Å². The number of thiazole rings is 1. The minimum Gasteiger partial charge on any atom is -0.464 e. The van der Waals surface area contributed by atoms with Crippen LogP contribution in [-0.4, -0.2) is 87.8 Å². The van der Waals surface area contributed by atoms with E-state index in [0.717, 1.165) is 69.1 Å². The first-order chi connectivity index (χ1) is 25.0. The molecule has 1 aliphatic carbocycles. The van der Waals surface area contributed by atoms with E-state index in [-0.39, 0.29) is 37.1 Å². The Kier molecular flexibility index (Phi) is 10.1. The number of nitrogens with one attached hydrogen (secondary N) is 2. The van der Waals surface area contributed by atoms with Crippen molar-refractivity contribution in [2.45, 2.75) is 97.0 Å². The largest absolute Gasteiger partial charge is 0.464 e. The van der Waals surface area contributed by atoms with Crippen LogP contribution in [0, 0.1) is 5.41 Å². The number of hydrogen-bond acceptors (Lipinski definition) is 9. The molecule has 0 unspecified atom stereocenters. The summed E-state index contributed by atoms with van der Waals surface area (Å²) >= 11 is 1.47.